The molecule has 0 saturated carbocycles. The monoisotopic (exact) mass is 342 g/mol. The predicted molar refractivity (Wildman–Crippen MR) is 90.8 cm³/mol. The lowest BCUT2D eigenvalue weighted by Crippen LogP contribution is -2.17. The number of ether oxygens (including phenoxy) is 1. The van der Waals surface area contributed by atoms with E-state index in [1.807, 2.05) is 13.8 Å². The lowest BCUT2D eigenvalue weighted by molar-refractivity contribution is 0.214. The van der Waals surface area contributed by atoms with Gasteiger partial charge >= 0.3 is 6.09 Å². The Balaban J connectivity index is 1.71. The molecule has 0 aliphatic heterocycles. The Kier molecular flexibility index (Phi) is 4.62. The minimum absolute atomic E-state index is 0.199. The zero-order valence-corrected chi connectivity index (χ0v) is 13.8. The first-order valence-electron chi connectivity index (χ1n) is 7.01. The highest BCUT2D eigenvalue weighted by Gasteiger charge is 2.15. The maximum Gasteiger partial charge on any atom is 0.418 e. The van der Waals surface area contributed by atoms with Crippen molar-refractivity contribution in [1.29, 1.82) is 0 Å². The Labute approximate surface area is 142 Å². The van der Waals surface area contributed by atoms with Crippen molar-refractivity contribution in [3.05, 3.63) is 47.8 Å². The van der Waals surface area contributed by atoms with Crippen LogP contribution in [0.2, 0.25) is 0 Å². The Morgan fingerprint density at radius 1 is 1.21 bits per heavy atom. The summed E-state index contributed by atoms with van der Waals surface area (Å²) in [6, 6.07) is 3.43. The Bertz CT molecular complexity index is 852. The number of nitrogens with zero attached hydrogens (tertiary/aromatic N) is 4. The first kappa shape index (κ1) is 15.8. The van der Waals surface area contributed by atoms with Gasteiger partial charge in [0.05, 0.1) is 23.1 Å². The summed E-state index contributed by atoms with van der Waals surface area (Å²) in [6.45, 7) is 3.67. The van der Waals surface area contributed by atoms with E-state index in [1.165, 1.54) is 17.7 Å². The van der Waals surface area contributed by atoms with E-state index in [-0.39, 0.29) is 5.88 Å². The van der Waals surface area contributed by atoms with Crippen LogP contribution in [0, 0.1) is 13.8 Å². The third-order valence-electron chi connectivity index (χ3n) is 2.85. The Hall–Kier alpha value is -3.07. The van der Waals surface area contributed by atoms with Crippen LogP contribution in [0.15, 0.2) is 37.1 Å². The molecule has 8 nitrogen and oxygen atoms in total. The number of rotatable bonds is 4. The van der Waals surface area contributed by atoms with E-state index in [0.29, 0.717) is 16.4 Å². The first-order valence-corrected chi connectivity index (χ1v) is 7.83. The smallest absolute Gasteiger partial charge is 0.388 e. The molecule has 3 heterocycles. The molecule has 0 aliphatic rings. The van der Waals surface area contributed by atoms with E-state index >= 15 is 0 Å². The fraction of sp³-hybridized carbons (Fsp3) is 0.133. The molecule has 0 bridgehead atoms. The van der Waals surface area contributed by atoms with Crippen molar-refractivity contribution < 1.29 is 9.53 Å². The van der Waals surface area contributed by atoms with Crippen molar-refractivity contribution in [1.82, 2.24) is 19.9 Å². The second-order valence-electron chi connectivity index (χ2n) is 4.82. The van der Waals surface area contributed by atoms with Crippen LogP contribution >= 0.6 is 11.3 Å². The minimum atomic E-state index is -0.627. The second-order valence-corrected chi connectivity index (χ2v) is 6.02. The SMILES string of the molecule is Cc1cc(NC(=O)Oc2nc(C)sc2Nc2cncnc2)ccn1. The van der Waals surface area contributed by atoms with Gasteiger partial charge in [0.15, 0.2) is 5.00 Å². The fourth-order valence-electron chi connectivity index (χ4n) is 1.91. The molecule has 0 atom stereocenters. The number of nitrogens with one attached hydrogen (secondary N) is 2. The summed E-state index contributed by atoms with van der Waals surface area (Å²) in [7, 11) is 0. The molecule has 0 fully saturated rings. The standard InChI is InChI=1S/C15H14N6O2S/c1-9-5-11(3-4-18-9)21-15(22)23-13-14(24-10(2)19-13)20-12-6-16-8-17-7-12/h3-8,20H,1-2H3,(H,18,21,22). The minimum Gasteiger partial charge on any atom is -0.388 e. The summed E-state index contributed by atoms with van der Waals surface area (Å²) in [5.41, 5.74) is 2.07. The summed E-state index contributed by atoms with van der Waals surface area (Å²) in [5, 5.41) is 7.09. The number of hydrogen-bond acceptors (Lipinski definition) is 8. The molecule has 0 radical (unpaired) electrons. The van der Waals surface area contributed by atoms with Gasteiger partial charge in [-0.25, -0.2) is 19.7 Å². The number of carbonyl (C=O) groups is 1. The van der Waals surface area contributed by atoms with Gasteiger partial charge in [-0.05, 0) is 26.0 Å². The number of hydrogen-bond donors (Lipinski definition) is 2. The average Bonchev–Trinajstić information content (AvgIpc) is 2.87. The van der Waals surface area contributed by atoms with E-state index in [1.54, 1.807) is 30.7 Å². The van der Waals surface area contributed by atoms with Crippen molar-refractivity contribution in [3.8, 4) is 5.88 Å². The van der Waals surface area contributed by atoms with Crippen molar-refractivity contribution in [2.75, 3.05) is 10.6 Å². The lowest BCUT2D eigenvalue weighted by Gasteiger charge is -2.07. The third kappa shape index (κ3) is 4.02. The number of carbonyl (C=O) groups excluding carboxylic acids is 1. The number of aryl methyl sites for hydroxylation is 2. The topological polar surface area (TPSA) is 102 Å². The van der Waals surface area contributed by atoms with Gasteiger partial charge in [0.1, 0.15) is 6.33 Å². The van der Waals surface area contributed by atoms with Crippen molar-refractivity contribution in [3.63, 3.8) is 0 Å². The zero-order chi connectivity index (χ0) is 16.9. The summed E-state index contributed by atoms with van der Waals surface area (Å²) in [5.74, 6) is 0.199. The summed E-state index contributed by atoms with van der Waals surface area (Å²) < 4.78 is 5.31. The zero-order valence-electron chi connectivity index (χ0n) is 13.0. The first-order chi connectivity index (χ1) is 11.6. The summed E-state index contributed by atoms with van der Waals surface area (Å²) >= 11 is 1.37. The Morgan fingerprint density at radius 3 is 2.75 bits per heavy atom. The molecule has 0 aromatic carbocycles. The van der Waals surface area contributed by atoms with Gasteiger partial charge in [0, 0.05) is 17.6 Å². The molecule has 122 valence electrons. The number of anilines is 3. The lowest BCUT2D eigenvalue weighted by atomic mass is 10.3. The second kappa shape index (κ2) is 7.01. The van der Waals surface area contributed by atoms with Crippen LogP contribution in [0.5, 0.6) is 5.88 Å². The van der Waals surface area contributed by atoms with Gasteiger partial charge in [0.2, 0.25) is 0 Å². The van der Waals surface area contributed by atoms with Crippen LogP contribution in [0.3, 0.4) is 0 Å². The summed E-state index contributed by atoms with van der Waals surface area (Å²) in [4.78, 5) is 28.2. The van der Waals surface area contributed by atoms with Crippen LogP contribution in [0.4, 0.5) is 21.2 Å². The molecule has 2 N–H and O–H groups in total. The van der Waals surface area contributed by atoms with Crippen molar-refractivity contribution in [2.24, 2.45) is 0 Å². The van der Waals surface area contributed by atoms with E-state index < -0.39 is 6.09 Å². The van der Waals surface area contributed by atoms with Gasteiger partial charge in [-0.15, -0.1) is 0 Å². The largest absolute Gasteiger partial charge is 0.418 e. The van der Waals surface area contributed by atoms with Gasteiger partial charge in [0.25, 0.3) is 5.88 Å². The van der Waals surface area contributed by atoms with Gasteiger partial charge in [-0.3, -0.25) is 10.3 Å². The average molecular weight is 342 g/mol. The van der Waals surface area contributed by atoms with Crippen LogP contribution in [-0.4, -0.2) is 26.0 Å². The predicted octanol–water partition coefficient (Wildman–Crippen LogP) is 3.30. The van der Waals surface area contributed by atoms with Gasteiger partial charge in [-0.2, -0.15) is 0 Å². The van der Waals surface area contributed by atoms with E-state index in [0.717, 1.165) is 10.7 Å². The molecule has 9 heteroatoms. The van der Waals surface area contributed by atoms with Crippen molar-refractivity contribution >= 4 is 33.8 Å². The normalized spacial score (nSPS) is 10.2. The molecule has 0 saturated heterocycles. The molecule has 0 spiro atoms. The van der Waals surface area contributed by atoms with Crippen LogP contribution in [0.1, 0.15) is 10.7 Å². The van der Waals surface area contributed by atoms with Crippen molar-refractivity contribution in [2.45, 2.75) is 13.8 Å². The number of thiazole rings is 1. The molecule has 1 amide bonds. The van der Waals surface area contributed by atoms with E-state index in [4.69, 9.17) is 4.74 Å². The van der Waals surface area contributed by atoms with E-state index in [2.05, 4.69) is 30.6 Å². The molecule has 3 aromatic heterocycles. The highest BCUT2D eigenvalue weighted by Crippen LogP contribution is 2.33. The van der Waals surface area contributed by atoms with Crippen LogP contribution in [-0.2, 0) is 0 Å². The molecule has 3 aromatic rings. The molecule has 0 unspecified atom stereocenters. The number of amides is 1. The van der Waals surface area contributed by atoms with Crippen LogP contribution < -0.4 is 15.4 Å². The molecule has 3 rings (SSSR count). The van der Waals surface area contributed by atoms with Crippen LogP contribution in [0.25, 0.3) is 0 Å². The quantitative estimate of drug-likeness (QED) is 0.750. The maximum atomic E-state index is 12.1. The number of pyridine rings is 1. The maximum absolute atomic E-state index is 12.1. The molecular weight excluding hydrogens is 328 g/mol. The fourth-order valence-corrected chi connectivity index (χ4v) is 2.67. The number of aromatic nitrogens is 4. The van der Waals surface area contributed by atoms with Gasteiger partial charge in [-0.1, -0.05) is 11.3 Å². The summed E-state index contributed by atoms with van der Waals surface area (Å²) in [6.07, 6.45) is 5.65. The molecule has 24 heavy (non-hydrogen) atoms. The Morgan fingerprint density at radius 2 is 2.00 bits per heavy atom. The third-order valence-corrected chi connectivity index (χ3v) is 3.72. The highest BCUT2D eigenvalue weighted by molar-refractivity contribution is 7.16. The molecule has 0 aliphatic carbocycles. The van der Waals surface area contributed by atoms with Gasteiger partial charge < -0.3 is 10.1 Å². The highest BCUT2D eigenvalue weighted by atomic mass is 32.1. The van der Waals surface area contributed by atoms with E-state index in [9.17, 15) is 4.79 Å². The molecular formula is C15H14N6O2S.